The highest BCUT2D eigenvalue weighted by atomic mass is 16.5. The normalized spacial score (nSPS) is 13.1. The van der Waals surface area contributed by atoms with Crippen LogP contribution in [0.4, 0.5) is 5.69 Å². The van der Waals surface area contributed by atoms with Gasteiger partial charge < -0.3 is 20.3 Å². The number of nitrogens with one attached hydrogen (secondary N) is 2. The Morgan fingerprint density at radius 1 is 1.07 bits per heavy atom. The summed E-state index contributed by atoms with van der Waals surface area (Å²) < 4.78 is 5.58. The van der Waals surface area contributed by atoms with E-state index in [9.17, 15) is 0 Å². The maximum Gasteiger partial charge on any atom is 0.191 e. The summed E-state index contributed by atoms with van der Waals surface area (Å²) in [7, 11) is 4.10. The lowest BCUT2D eigenvalue weighted by molar-refractivity contribution is 0.357. The molecule has 27 heavy (non-hydrogen) atoms. The van der Waals surface area contributed by atoms with E-state index in [-0.39, 0.29) is 0 Å². The van der Waals surface area contributed by atoms with Crippen LogP contribution in [-0.4, -0.2) is 39.8 Å². The number of aliphatic imine (C=N–C) groups is 1. The van der Waals surface area contributed by atoms with E-state index < -0.39 is 0 Å². The zero-order valence-electron chi connectivity index (χ0n) is 16.6. The van der Waals surface area contributed by atoms with Gasteiger partial charge in [0.15, 0.2) is 5.96 Å². The maximum atomic E-state index is 5.58. The van der Waals surface area contributed by atoms with Crippen LogP contribution in [-0.2, 0) is 19.4 Å². The van der Waals surface area contributed by atoms with E-state index in [1.807, 2.05) is 14.1 Å². The van der Waals surface area contributed by atoms with Crippen LogP contribution in [0.2, 0.25) is 0 Å². The van der Waals surface area contributed by atoms with Crippen LogP contribution >= 0.6 is 0 Å². The van der Waals surface area contributed by atoms with E-state index in [2.05, 4.69) is 64.9 Å². The third kappa shape index (κ3) is 5.39. The van der Waals surface area contributed by atoms with Crippen LogP contribution in [0.5, 0.6) is 5.75 Å². The molecule has 144 valence electrons. The molecule has 1 aliphatic heterocycles. The van der Waals surface area contributed by atoms with Crippen molar-refractivity contribution in [2.45, 2.75) is 26.3 Å². The van der Waals surface area contributed by atoms with Crippen molar-refractivity contribution in [2.75, 3.05) is 38.7 Å². The van der Waals surface area contributed by atoms with Crippen molar-refractivity contribution in [3.05, 3.63) is 59.2 Å². The minimum atomic E-state index is 0.666. The monoisotopic (exact) mass is 366 g/mol. The summed E-state index contributed by atoms with van der Waals surface area (Å²) in [5.74, 6) is 1.90. The lowest BCUT2D eigenvalue weighted by Crippen LogP contribution is -2.38. The van der Waals surface area contributed by atoms with Crippen LogP contribution < -0.4 is 20.3 Å². The standard InChI is InChI=1S/C22H30N4O/c1-4-23-22(25-16-18-5-8-20(9-6-18)26(2)3)24-13-11-17-7-10-21-19(15-17)12-14-27-21/h5-10,15H,4,11-14,16H2,1-3H3,(H2,23,24,25). The summed E-state index contributed by atoms with van der Waals surface area (Å²) in [6.07, 6.45) is 1.99. The summed E-state index contributed by atoms with van der Waals surface area (Å²) in [6, 6.07) is 15.0. The first-order chi connectivity index (χ1) is 13.2. The molecule has 1 aliphatic rings. The predicted molar refractivity (Wildman–Crippen MR) is 113 cm³/mol. The minimum Gasteiger partial charge on any atom is -0.493 e. The van der Waals surface area contributed by atoms with Gasteiger partial charge in [-0.05, 0) is 48.2 Å². The van der Waals surface area contributed by atoms with Gasteiger partial charge >= 0.3 is 0 Å². The summed E-state index contributed by atoms with van der Waals surface area (Å²) in [6.45, 7) is 5.26. The molecule has 0 saturated heterocycles. The molecule has 5 heteroatoms. The molecular weight excluding hydrogens is 336 g/mol. The lowest BCUT2D eigenvalue weighted by Gasteiger charge is -2.13. The van der Waals surface area contributed by atoms with E-state index >= 15 is 0 Å². The fourth-order valence-corrected chi connectivity index (χ4v) is 3.13. The first-order valence-electron chi connectivity index (χ1n) is 9.68. The van der Waals surface area contributed by atoms with Crippen LogP contribution in [0.15, 0.2) is 47.5 Å². The quantitative estimate of drug-likeness (QED) is 0.584. The molecule has 0 aliphatic carbocycles. The Morgan fingerprint density at radius 3 is 2.59 bits per heavy atom. The molecule has 2 N–H and O–H groups in total. The average molecular weight is 367 g/mol. The largest absolute Gasteiger partial charge is 0.493 e. The maximum absolute atomic E-state index is 5.58. The first-order valence-corrected chi connectivity index (χ1v) is 9.68. The fraction of sp³-hybridized carbons (Fsp3) is 0.409. The summed E-state index contributed by atoms with van der Waals surface area (Å²) in [5, 5.41) is 6.76. The number of anilines is 1. The Morgan fingerprint density at radius 2 is 1.85 bits per heavy atom. The molecule has 0 atom stereocenters. The van der Waals surface area contributed by atoms with Crippen LogP contribution in [0.3, 0.4) is 0 Å². The molecular formula is C22H30N4O. The second kappa shape index (κ2) is 9.31. The van der Waals surface area contributed by atoms with Crippen molar-refractivity contribution in [2.24, 2.45) is 4.99 Å². The Hall–Kier alpha value is -2.69. The Balaban J connectivity index is 1.52. The molecule has 0 saturated carbocycles. The highest BCUT2D eigenvalue weighted by molar-refractivity contribution is 5.79. The Bertz CT molecular complexity index is 768. The number of benzene rings is 2. The van der Waals surface area contributed by atoms with Crippen molar-refractivity contribution in [1.29, 1.82) is 0 Å². The average Bonchev–Trinajstić information content (AvgIpc) is 3.14. The fourth-order valence-electron chi connectivity index (χ4n) is 3.13. The van der Waals surface area contributed by atoms with Gasteiger partial charge in [0.25, 0.3) is 0 Å². The van der Waals surface area contributed by atoms with Gasteiger partial charge in [-0.2, -0.15) is 0 Å². The number of guanidine groups is 1. The van der Waals surface area contributed by atoms with Crippen molar-refractivity contribution >= 4 is 11.6 Å². The molecule has 0 spiro atoms. The number of fused-ring (bicyclic) bond motifs is 1. The highest BCUT2D eigenvalue weighted by Crippen LogP contribution is 2.25. The number of hydrogen-bond donors (Lipinski definition) is 2. The number of ether oxygens (including phenoxy) is 1. The van der Waals surface area contributed by atoms with Crippen LogP contribution in [0.25, 0.3) is 0 Å². The second-order valence-electron chi connectivity index (χ2n) is 6.97. The van der Waals surface area contributed by atoms with E-state index in [0.29, 0.717) is 6.54 Å². The van der Waals surface area contributed by atoms with Gasteiger partial charge in [0, 0.05) is 39.3 Å². The first kappa shape index (κ1) is 19.1. The molecule has 0 radical (unpaired) electrons. The second-order valence-corrected chi connectivity index (χ2v) is 6.97. The smallest absolute Gasteiger partial charge is 0.191 e. The zero-order chi connectivity index (χ0) is 19.1. The van der Waals surface area contributed by atoms with Gasteiger partial charge in [0.1, 0.15) is 5.75 Å². The van der Waals surface area contributed by atoms with Crippen molar-refractivity contribution in [3.8, 4) is 5.75 Å². The summed E-state index contributed by atoms with van der Waals surface area (Å²) in [4.78, 5) is 6.81. The summed E-state index contributed by atoms with van der Waals surface area (Å²) >= 11 is 0. The number of hydrogen-bond acceptors (Lipinski definition) is 3. The molecule has 3 rings (SSSR count). The number of rotatable bonds is 7. The Kier molecular flexibility index (Phi) is 6.58. The predicted octanol–water partition coefficient (Wildman–Crippen LogP) is 2.99. The van der Waals surface area contributed by atoms with Gasteiger partial charge in [-0.15, -0.1) is 0 Å². The van der Waals surface area contributed by atoms with Gasteiger partial charge in [0.05, 0.1) is 13.2 Å². The van der Waals surface area contributed by atoms with Gasteiger partial charge in [-0.1, -0.05) is 24.3 Å². The van der Waals surface area contributed by atoms with E-state index in [0.717, 1.165) is 44.2 Å². The van der Waals surface area contributed by atoms with Crippen molar-refractivity contribution in [3.63, 3.8) is 0 Å². The molecule has 2 aromatic carbocycles. The highest BCUT2D eigenvalue weighted by Gasteiger charge is 2.11. The molecule has 0 fully saturated rings. The van der Waals surface area contributed by atoms with Gasteiger partial charge in [-0.25, -0.2) is 4.99 Å². The van der Waals surface area contributed by atoms with E-state index in [1.165, 1.54) is 22.4 Å². The number of nitrogens with zero attached hydrogens (tertiary/aromatic N) is 2. The van der Waals surface area contributed by atoms with Gasteiger partial charge in [0.2, 0.25) is 0 Å². The molecule has 0 amide bonds. The van der Waals surface area contributed by atoms with E-state index in [1.54, 1.807) is 0 Å². The van der Waals surface area contributed by atoms with Crippen LogP contribution in [0, 0.1) is 0 Å². The third-order valence-corrected chi connectivity index (χ3v) is 4.68. The van der Waals surface area contributed by atoms with Crippen LogP contribution in [0.1, 0.15) is 23.6 Å². The minimum absolute atomic E-state index is 0.666. The van der Waals surface area contributed by atoms with Gasteiger partial charge in [-0.3, -0.25) is 0 Å². The molecule has 0 bridgehead atoms. The molecule has 0 aromatic heterocycles. The topological polar surface area (TPSA) is 48.9 Å². The molecule has 0 unspecified atom stereocenters. The summed E-state index contributed by atoms with van der Waals surface area (Å²) in [5.41, 5.74) is 5.07. The third-order valence-electron chi connectivity index (χ3n) is 4.68. The van der Waals surface area contributed by atoms with E-state index in [4.69, 9.17) is 9.73 Å². The zero-order valence-corrected chi connectivity index (χ0v) is 16.6. The molecule has 5 nitrogen and oxygen atoms in total. The van der Waals surface area contributed by atoms with Crippen molar-refractivity contribution in [1.82, 2.24) is 10.6 Å². The SMILES string of the molecule is CCNC(=NCc1ccc(N(C)C)cc1)NCCc1ccc2c(c1)CCO2. The Labute approximate surface area is 162 Å². The lowest BCUT2D eigenvalue weighted by atomic mass is 10.1. The molecule has 2 aromatic rings. The van der Waals surface area contributed by atoms with Crippen molar-refractivity contribution < 1.29 is 4.74 Å². The molecule has 1 heterocycles.